The Morgan fingerprint density at radius 3 is 2.61 bits per heavy atom. The van der Waals surface area contributed by atoms with Gasteiger partial charge in [0.2, 0.25) is 5.91 Å². The van der Waals surface area contributed by atoms with Gasteiger partial charge in [-0.15, -0.1) is 0 Å². The van der Waals surface area contributed by atoms with Gasteiger partial charge in [-0.05, 0) is 61.4 Å². The SMILES string of the molecule is C[C@@H](OC(=O)Cc1ccc(N2CCCC2=O)cc1)C(=O)N[C@@H]1CCCc2ccccc21. The summed E-state index contributed by atoms with van der Waals surface area (Å²) in [6, 6.07) is 15.5. The van der Waals surface area contributed by atoms with Crippen molar-refractivity contribution >= 4 is 23.5 Å². The maximum absolute atomic E-state index is 12.6. The molecule has 2 amide bonds. The highest BCUT2D eigenvalue weighted by Crippen LogP contribution is 2.29. The molecule has 0 aromatic heterocycles. The van der Waals surface area contributed by atoms with E-state index in [-0.39, 0.29) is 24.3 Å². The molecule has 31 heavy (non-hydrogen) atoms. The number of nitrogens with zero attached hydrogens (tertiary/aromatic N) is 1. The van der Waals surface area contributed by atoms with Gasteiger partial charge in [0.05, 0.1) is 12.5 Å². The van der Waals surface area contributed by atoms with E-state index in [9.17, 15) is 14.4 Å². The number of anilines is 1. The Hall–Kier alpha value is -3.15. The summed E-state index contributed by atoms with van der Waals surface area (Å²) < 4.78 is 5.38. The number of hydrogen-bond donors (Lipinski definition) is 1. The van der Waals surface area contributed by atoms with Crippen molar-refractivity contribution in [1.82, 2.24) is 5.32 Å². The highest BCUT2D eigenvalue weighted by atomic mass is 16.5. The Morgan fingerprint density at radius 1 is 1.10 bits per heavy atom. The Kier molecular flexibility index (Phi) is 6.35. The number of carbonyl (C=O) groups is 3. The van der Waals surface area contributed by atoms with Crippen molar-refractivity contribution in [3.05, 3.63) is 65.2 Å². The van der Waals surface area contributed by atoms with Crippen LogP contribution in [0.1, 0.15) is 55.3 Å². The first-order valence-corrected chi connectivity index (χ1v) is 11.0. The third-order valence-corrected chi connectivity index (χ3v) is 6.03. The highest BCUT2D eigenvalue weighted by molar-refractivity contribution is 5.95. The molecule has 2 atom stereocenters. The summed E-state index contributed by atoms with van der Waals surface area (Å²) in [4.78, 5) is 38.6. The van der Waals surface area contributed by atoms with Crippen molar-refractivity contribution in [1.29, 1.82) is 0 Å². The molecule has 1 aliphatic heterocycles. The monoisotopic (exact) mass is 420 g/mol. The van der Waals surface area contributed by atoms with Crippen molar-refractivity contribution in [3.8, 4) is 0 Å². The zero-order valence-electron chi connectivity index (χ0n) is 17.8. The predicted molar refractivity (Wildman–Crippen MR) is 118 cm³/mol. The van der Waals surface area contributed by atoms with Crippen molar-refractivity contribution in [3.63, 3.8) is 0 Å². The van der Waals surface area contributed by atoms with E-state index in [1.54, 1.807) is 11.8 Å². The molecule has 0 saturated carbocycles. The van der Waals surface area contributed by atoms with E-state index in [4.69, 9.17) is 4.74 Å². The first-order valence-electron chi connectivity index (χ1n) is 11.0. The standard InChI is InChI=1S/C25H28N2O4/c1-17(25(30)26-22-9-4-7-19-6-2-3-8-21(19)22)31-24(29)16-18-11-13-20(14-12-18)27-15-5-10-23(27)28/h2-3,6,8,11-14,17,22H,4-5,7,9-10,15-16H2,1H3,(H,26,30)/t17-,22-/m1/s1. The third kappa shape index (κ3) is 4.95. The maximum Gasteiger partial charge on any atom is 0.311 e. The summed E-state index contributed by atoms with van der Waals surface area (Å²) in [5.74, 6) is -0.595. The molecule has 0 spiro atoms. The van der Waals surface area contributed by atoms with Crippen molar-refractivity contribution < 1.29 is 19.1 Å². The average Bonchev–Trinajstić information content (AvgIpc) is 3.20. The van der Waals surface area contributed by atoms with Gasteiger partial charge in [0.25, 0.3) is 5.91 Å². The van der Waals surface area contributed by atoms with Crippen LogP contribution in [0.2, 0.25) is 0 Å². The molecule has 162 valence electrons. The van der Waals surface area contributed by atoms with E-state index < -0.39 is 12.1 Å². The first kappa shape index (κ1) is 21.1. The molecular formula is C25H28N2O4. The average molecular weight is 421 g/mol. The number of ether oxygens (including phenoxy) is 1. The van der Waals surface area contributed by atoms with E-state index in [2.05, 4.69) is 17.4 Å². The lowest BCUT2D eigenvalue weighted by atomic mass is 9.87. The van der Waals surface area contributed by atoms with Crippen LogP contribution in [0.5, 0.6) is 0 Å². The summed E-state index contributed by atoms with van der Waals surface area (Å²) in [5.41, 5.74) is 4.05. The van der Waals surface area contributed by atoms with Gasteiger partial charge in [0, 0.05) is 18.7 Å². The van der Waals surface area contributed by atoms with Gasteiger partial charge in [-0.1, -0.05) is 36.4 Å². The summed E-state index contributed by atoms with van der Waals surface area (Å²) in [5, 5.41) is 3.03. The Balaban J connectivity index is 1.29. The second kappa shape index (κ2) is 9.33. The van der Waals surface area contributed by atoms with Crippen molar-refractivity contribution in [2.75, 3.05) is 11.4 Å². The van der Waals surface area contributed by atoms with Crippen LogP contribution in [-0.2, 0) is 32.0 Å². The van der Waals surface area contributed by atoms with E-state index in [0.29, 0.717) is 6.42 Å². The molecule has 1 saturated heterocycles. The van der Waals surface area contributed by atoms with Crippen LogP contribution in [0.4, 0.5) is 5.69 Å². The van der Waals surface area contributed by atoms with E-state index >= 15 is 0 Å². The van der Waals surface area contributed by atoms with Crippen molar-refractivity contribution in [2.24, 2.45) is 0 Å². The predicted octanol–water partition coefficient (Wildman–Crippen LogP) is 3.48. The van der Waals surface area contributed by atoms with Crippen LogP contribution in [0.25, 0.3) is 0 Å². The number of rotatable bonds is 6. The number of amides is 2. The summed E-state index contributed by atoms with van der Waals surface area (Å²) in [7, 11) is 0. The lowest BCUT2D eigenvalue weighted by molar-refractivity contribution is -0.154. The van der Waals surface area contributed by atoms with Gasteiger partial charge in [-0.25, -0.2) is 0 Å². The second-order valence-corrected chi connectivity index (χ2v) is 8.28. The van der Waals surface area contributed by atoms with Crippen LogP contribution in [0, 0.1) is 0 Å². The molecule has 2 aromatic carbocycles. The molecule has 1 fully saturated rings. The number of nitrogens with one attached hydrogen (secondary N) is 1. The second-order valence-electron chi connectivity index (χ2n) is 8.28. The molecule has 1 N–H and O–H groups in total. The van der Waals surface area contributed by atoms with Crippen molar-refractivity contribution in [2.45, 2.75) is 57.6 Å². The number of hydrogen-bond acceptors (Lipinski definition) is 4. The minimum atomic E-state index is -0.858. The van der Waals surface area contributed by atoms with E-state index in [0.717, 1.165) is 49.0 Å². The normalized spacial score (nSPS) is 18.9. The maximum atomic E-state index is 12.6. The molecule has 6 nitrogen and oxygen atoms in total. The molecule has 2 aliphatic rings. The van der Waals surface area contributed by atoms with E-state index in [1.807, 2.05) is 36.4 Å². The Labute approximate surface area is 182 Å². The fourth-order valence-corrected chi connectivity index (χ4v) is 4.37. The van der Waals surface area contributed by atoms with Gasteiger partial charge in [-0.2, -0.15) is 0 Å². The first-order chi connectivity index (χ1) is 15.0. The zero-order valence-corrected chi connectivity index (χ0v) is 17.8. The van der Waals surface area contributed by atoms with E-state index in [1.165, 1.54) is 5.56 Å². The van der Waals surface area contributed by atoms with Gasteiger partial charge in [-0.3, -0.25) is 14.4 Å². The number of carbonyl (C=O) groups excluding carboxylic acids is 3. The van der Waals surface area contributed by atoms with Gasteiger partial charge >= 0.3 is 5.97 Å². The van der Waals surface area contributed by atoms with Crippen LogP contribution in [-0.4, -0.2) is 30.4 Å². The lowest BCUT2D eigenvalue weighted by Gasteiger charge is -2.27. The summed E-state index contributed by atoms with van der Waals surface area (Å²) in [6.45, 7) is 2.34. The summed E-state index contributed by atoms with van der Waals surface area (Å²) in [6.07, 6.45) is 3.61. The molecule has 6 heteroatoms. The molecule has 4 rings (SSSR count). The Morgan fingerprint density at radius 2 is 1.87 bits per heavy atom. The number of esters is 1. The molecule has 2 aromatic rings. The molecule has 1 heterocycles. The third-order valence-electron chi connectivity index (χ3n) is 6.03. The summed E-state index contributed by atoms with van der Waals surface area (Å²) >= 11 is 0. The Bertz CT molecular complexity index is 970. The van der Waals surface area contributed by atoms with Gasteiger partial charge in [0.1, 0.15) is 0 Å². The topological polar surface area (TPSA) is 75.7 Å². The quantitative estimate of drug-likeness (QED) is 0.726. The minimum Gasteiger partial charge on any atom is -0.452 e. The number of benzene rings is 2. The highest BCUT2D eigenvalue weighted by Gasteiger charge is 2.25. The number of aryl methyl sites for hydroxylation is 1. The lowest BCUT2D eigenvalue weighted by Crippen LogP contribution is -2.39. The van der Waals surface area contributed by atoms with Crippen LogP contribution in [0.3, 0.4) is 0 Å². The number of fused-ring (bicyclic) bond motifs is 1. The largest absolute Gasteiger partial charge is 0.452 e. The molecule has 0 unspecified atom stereocenters. The molecule has 1 aliphatic carbocycles. The molecule has 0 bridgehead atoms. The minimum absolute atomic E-state index is 0.0422. The molecule has 0 radical (unpaired) electrons. The van der Waals surface area contributed by atoms with Gasteiger partial charge in [0.15, 0.2) is 6.10 Å². The van der Waals surface area contributed by atoms with Crippen LogP contribution in [0.15, 0.2) is 48.5 Å². The van der Waals surface area contributed by atoms with Crippen LogP contribution < -0.4 is 10.2 Å². The van der Waals surface area contributed by atoms with Crippen LogP contribution >= 0.6 is 0 Å². The molecular weight excluding hydrogens is 392 g/mol. The zero-order chi connectivity index (χ0) is 21.8. The smallest absolute Gasteiger partial charge is 0.311 e. The fourth-order valence-electron chi connectivity index (χ4n) is 4.37. The fraction of sp³-hybridized carbons (Fsp3) is 0.400. The van der Waals surface area contributed by atoms with Gasteiger partial charge < -0.3 is 15.0 Å².